The van der Waals surface area contributed by atoms with Gasteiger partial charge in [0.15, 0.2) is 0 Å². The molecule has 162 valence electrons. The van der Waals surface area contributed by atoms with Crippen molar-refractivity contribution in [3.05, 3.63) is 52.2 Å². The zero-order valence-electron chi connectivity index (χ0n) is 16.3. The third-order valence-electron chi connectivity index (χ3n) is 3.94. The number of nitrogens with one attached hydrogen (secondary N) is 1. The number of carbonyl (C=O) groups excluding carboxylic acids is 2. The molecule has 0 aliphatic rings. The van der Waals surface area contributed by atoms with E-state index in [1.807, 2.05) is 0 Å². The summed E-state index contributed by atoms with van der Waals surface area (Å²) >= 11 is 0.835. The number of hydrogen-bond acceptors (Lipinski definition) is 8. The van der Waals surface area contributed by atoms with Crippen molar-refractivity contribution >= 4 is 36.9 Å². The van der Waals surface area contributed by atoms with Crippen LogP contribution in [0.25, 0.3) is 0 Å². The summed E-state index contributed by atoms with van der Waals surface area (Å²) in [7, 11) is -4.67. The molecule has 0 saturated carbocycles. The summed E-state index contributed by atoms with van der Waals surface area (Å²) in [6.07, 6.45) is 3.67. The molecule has 2 aromatic rings. The molecule has 0 fully saturated rings. The van der Waals surface area contributed by atoms with Crippen LogP contribution in [-0.2, 0) is 20.4 Å². The predicted octanol–water partition coefficient (Wildman–Crippen LogP) is 1.96. The minimum atomic E-state index is -4.67. The molecule has 30 heavy (non-hydrogen) atoms. The molecule has 1 amide bonds. The smallest absolute Gasteiger partial charge is 0.383 e. The first-order valence-electron chi connectivity index (χ1n) is 8.66. The Balaban J connectivity index is 2.28. The first kappa shape index (κ1) is 23.8. The summed E-state index contributed by atoms with van der Waals surface area (Å²) in [5.41, 5.74) is 7.16. The van der Waals surface area contributed by atoms with Gasteiger partial charge < -0.3 is 25.4 Å². The van der Waals surface area contributed by atoms with E-state index in [1.54, 1.807) is 32.2 Å². The Kier molecular flexibility index (Phi) is 8.33. The molecule has 13 heteroatoms. The average molecular weight is 455 g/mol. The number of rotatable bonds is 10. The number of hydrogen-bond donors (Lipinski definition) is 4. The van der Waals surface area contributed by atoms with Crippen molar-refractivity contribution in [1.29, 1.82) is 0 Å². The zero-order valence-corrected chi connectivity index (χ0v) is 18.0. The fraction of sp³-hybridized carbons (Fsp3) is 0.294. The number of amides is 1. The van der Waals surface area contributed by atoms with Crippen LogP contribution in [0.1, 0.15) is 35.2 Å². The molecule has 0 atom stereocenters. The van der Waals surface area contributed by atoms with Gasteiger partial charge in [0.05, 0.1) is 18.8 Å². The Bertz CT molecular complexity index is 975. The predicted molar refractivity (Wildman–Crippen MR) is 111 cm³/mol. The van der Waals surface area contributed by atoms with Crippen molar-refractivity contribution in [3.8, 4) is 0 Å². The number of H-pyrrole nitrogens is 1. The van der Waals surface area contributed by atoms with E-state index < -0.39 is 7.82 Å². The van der Waals surface area contributed by atoms with E-state index >= 15 is 0 Å². The van der Waals surface area contributed by atoms with Crippen LogP contribution < -0.4 is 5.73 Å². The highest BCUT2D eigenvalue weighted by Crippen LogP contribution is 2.37. The first-order valence-corrected chi connectivity index (χ1v) is 11.0. The highest BCUT2D eigenvalue weighted by molar-refractivity contribution is 8.17. The van der Waals surface area contributed by atoms with Gasteiger partial charge in [-0.2, -0.15) is 0 Å². The lowest BCUT2D eigenvalue weighted by Crippen LogP contribution is -2.22. The van der Waals surface area contributed by atoms with Gasteiger partial charge in [-0.25, -0.2) is 14.5 Å². The molecule has 0 aliphatic carbocycles. The molecule has 0 unspecified atom stereocenters. The lowest BCUT2D eigenvalue weighted by atomic mass is 10.2. The van der Waals surface area contributed by atoms with Crippen LogP contribution in [0.5, 0.6) is 0 Å². The summed E-state index contributed by atoms with van der Waals surface area (Å²) in [5, 5.41) is -0.324. The molecule has 0 radical (unpaired) electrons. The lowest BCUT2D eigenvalue weighted by Gasteiger charge is -2.22. The summed E-state index contributed by atoms with van der Waals surface area (Å²) in [6, 6.07) is 3.26. The first-order chi connectivity index (χ1) is 14.1. The van der Waals surface area contributed by atoms with Crippen LogP contribution >= 0.6 is 19.6 Å². The number of carbonyl (C=O) groups is 2. The van der Waals surface area contributed by atoms with E-state index in [0.29, 0.717) is 34.1 Å². The number of anilines is 1. The third kappa shape index (κ3) is 7.08. The number of aryl methyl sites for hydroxylation is 1. The van der Waals surface area contributed by atoms with Gasteiger partial charge in [0.25, 0.3) is 0 Å². The van der Waals surface area contributed by atoms with Crippen molar-refractivity contribution in [3.63, 3.8) is 0 Å². The third-order valence-corrected chi connectivity index (χ3v) is 5.61. The van der Waals surface area contributed by atoms with Crippen LogP contribution in [0.15, 0.2) is 35.1 Å². The number of aromatic nitrogens is 3. The van der Waals surface area contributed by atoms with Gasteiger partial charge in [-0.15, -0.1) is 0 Å². The number of allylic oxidation sites excluding steroid dienone is 1. The Morgan fingerprint density at radius 3 is 2.77 bits per heavy atom. The molecule has 5 N–H and O–H groups in total. The molecule has 2 heterocycles. The molecule has 11 nitrogen and oxygen atoms in total. The Morgan fingerprint density at radius 1 is 1.47 bits per heavy atom. The maximum absolute atomic E-state index is 12.5. The number of nitrogens with zero attached hydrogens (tertiary/aromatic N) is 3. The fourth-order valence-corrected chi connectivity index (χ4v) is 3.64. The van der Waals surface area contributed by atoms with Gasteiger partial charge in [0.1, 0.15) is 11.6 Å². The van der Waals surface area contributed by atoms with Gasteiger partial charge in [-0.05, 0) is 37.7 Å². The monoisotopic (exact) mass is 455 g/mol. The SMILES string of the molecule is CC(=C(CCOP(=O)(O)O)SC(=O)c1ccc[nH]1)N(C=O)Cc1cnc(C)nc1N. The average Bonchev–Trinajstić information content (AvgIpc) is 3.20. The van der Waals surface area contributed by atoms with E-state index in [2.05, 4.69) is 19.5 Å². The van der Waals surface area contributed by atoms with Crippen molar-refractivity contribution in [2.75, 3.05) is 12.3 Å². The van der Waals surface area contributed by atoms with Crippen molar-refractivity contribution in [2.45, 2.75) is 26.8 Å². The molecule has 0 saturated heterocycles. The normalized spacial score (nSPS) is 12.4. The molecule has 0 aliphatic heterocycles. The van der Waals surface area contributed by atoms with Crippen molar-refractivity contribution < 1.29 is 28.5 Å². The Hall–Kier alpha value is -2.50. The second kappa shape index (κ2) is 10.5. The van der Waals surface area contributed by atoms with E-state index in [9.17, 15) is 14.2 Å². The van der Waals surface area contributed by atoms with Crippen molar-refractivity contribution in [1.82, 2.24) is 19.9 Å². The zero-order chi connectivity index (χ0) is 22.3. The van der Waals surface area contributed by atoms with Crippen LogP contribution in [-0.4, -0.2) is 47.8 Å². The highest BCUT2D eigenvalue weighted by atomic mass is 32.2. The maximum Gasteiger partial charge on any atom is 0.469 e. The molecule has 0 bridgehead atoms. The summed E-state index contributed by atoms with van der Waals surface area (Å²) in [6.45, 7) is 3.01. The number of nitrogens with two attached hydrogens (primary N) is 1. The summed E-state index contributed by atoms with van der Waals surface area (Å²) in [4.78, 5) is 54.7. The number of phosphoric ester groups is 1. The van der Waals surface area contributed by atoms with Crippen LogP contribution in [0, 0.1) is 6.92 Å². The Morgan fingerprint density at radius 2 is 2.20 bits per heavy atom. The van der Waals surface area contributed by atoms with Gasteiger partial charge in [-0.3, -0.25) is 14.1 Å². The summed E-state index contributed by atoms with van der Waals surface area (Å²) < 4.78 is 15.5. The van der Waals surface area contributed by atoms with Gasteiger partial charge in [0.2, 0.25) is 11.5 Å². The van der Waals surface area contributed by atoms with E-state index in [0.717, 1.165) is 11.8 Å². The quantitative estimate of drug-likeness (QED) is 0.306. The molecule has 2 aromatic heterocycles. The van der Waals surface area contributed by atoms with E-state index in [1.165, 1.54) is 11.1 Å². The van der Waals surface area contributed by atoms with E-state index in [4.69, 9.17) is 15.5 Å². The molecule has 0 spiro atoms. The molecule has 2 rings (SSSR count). The second-order valence-corrected chi connectivity index (χ2v) is 8.42. The van der Waals surface area contributed by atoms with Crippen LogP contribution in [0.2, 0.25) is 0 Å². The minimum absolute atomic E-state index is 0.00171. The summed E-state index contributed by atoms with van der Waals surface area (Å²) in [5.74, 6) is 0.715. The minimum Gasteiger partial charge on any atom is -0.383 e. The van der Waals surface area contributed by atoms with E-state index in [-0.39, 0.29) is 30.5 Å². The maximum atomic E-state index is 12.5. The standard InChI is InChI=1S/C17H22N5O6PS/c1-11(22(10-23)9-13-8-20-12(2)21-16(13)18)15(5-7-28-29(25,26)27)30-17(24)14-4-3-6-19-14/h3-4,6,8,10,19H,5,7,9H2,1-2H3,(H2,18,20,21)(H2,25,26,27). The molecular formula is C17H22N5O6PS. The van der Waals surface area contributed by atoms with Gasteiger partial charge >= 0.3 is 7.82 Å². The number of thioether (sulfide) groups is 1. The number of phosphoric acid groups is 1. The van der Waals surface area contributed by atoms with Gasteiger partial charge in [-0.1, -0.05) is 0 Å². The van der Waals surface area contributed by atoms with Crippen LogP contribution in [0.4, 0.5) is 5.82 Å². The second-order valence-electron chi connectivity index (χ2n) is 6.12. The fourth-order valence-electron chi connectivity index (χ4n) is 2.40. The molecular weight excluding hydrogens is 433 g/mol. The van der Waals surface area contributed by atoms with Crippen LogP contribution in [0.3, 0.4) is 0 Å². The molecule has 0 aromatic carbocycles. The number of nitrogen functional groups attached to an aromatic ring is 1. The lowest BCUT2D eigenvalue weighted by molar-refractivity contribution is -0.116. The largest absolute Gasteiger partial charge is 0.469 e. The topological polar surface area (TPSA) is 172 Å². The van der Waals surface area contributed by atoms with Gasteiger partial charge in [0, 0.05) is 35.0 Å². The van der Waals surface area contributed by atoms with Crippen molar-refractivity contribution in [2.24, 2.45) is 0 Å². The Labute approximate surface area is 177 Å². The highest BCUT2D eigenvalue weighted by Gasteiger charge is 2.20. The number of aromatic amines is 1.